The van der Waals surface area contributed by atoms with Gasteiger partial charge in [-0.25, -0.2) is 0 Å². The Morgan fingerprint density at radius 1 is 1.04 bits per heavy atom. The first kappa shape index (κ1) is 18.0. The van der Waals surface area contributed by atoms with Gasteiger partial charge in [0.25, 0.3) is 5.91 Å². The average molecular weight is 346 g/mol. The van der Waals surface area contributed by atoms with Gasteiger partial charge in [0.1, 0.15) is 5.69 Å². The van der Waals surface area contributed by atoms with Gasteiger partial charge in [-0.2, -0.15) is 5.10 Å². The van der Waals surface area contributed by atoms with E-state index in [2.05, 4.69) is 10.00 Å². The molecule has 6 nitrogen and oxygen atoms in total. The minimum atomic E-state index is 0.0446. The Morgan fingerprint density at radius 2 is 1.68 bits per heavy atom. The van der Waals surface area contributed by atoms with E-state index >= 15 is 0 Å². The first-order chi connectivity index (χ1) is 12.1. The summed E-state index contributed by atoms with van der Waals surface area (Å²) in [7, 11) is 0. The highest BCUT2D eigenvalue weighted by Gasteiger charge is 2.31. The van der Waals surface area contributed by atoms with E-state index in [1.165, 1.54) is 12.8 Å². The summed E-state index contributed by atoms with van der Waals surface area (Å²) >= 11 is 0. The number of amides is 2. The molecular formula is C19H30N4O2. The number of likely N-dealkylation sites (tertiary alicyclic amines) is 2. The van der Waals surface area contributed by atoms with Gasteiger partial charge >= 0.3 is 0 Å². The highest BCUT2D eigenvalue weighted by Crippen LogP contribution is 2.23. The van der Waals surface area contributed by atoms with E-state index < -0.39 is 0 Å². The van der Waals surface area contributed by atoms with Gasteiger partial charge in [-0.15, -0.1) is 0 Å². The van der Waals surface area contributed by atoms with Crippen molar-refractivity contribution < 1.29 is 9.59 Å². The SMILES string of the molecule is CCn1nc(C)cc1C(=O)N1CCC(C(=O)N2CCCCCC2)CC1. The molecule has 2 saturated heterocycles. The molecule has 2 amide bonds. The quantitative estimate of drug-likeness (QED) is 0.845. The lowest BCUT2D eigenvalue weighted by molar-refractivity contribution is -0.136. The van der Waals surface area contributed by atoms with Crippen molar-refractivity contribution in [1.29, 1.82) is 0 Å². The third-order valence-electron chi connectivity index (χ3n) is 5.47. The number of carbonyl (C=O) groups is 2. The lowest BCUT2D eigenvalue weighted by Gasteiger charge is -2.34. The fraction of sp³-hybridized carbons (Fsp3) is 0.737. The molecule has 0 atom stereocenters. The van der Waals surface area contributed by atoms with Crippen molar-refractivity contribution in [3.8, 4) is 0 Å². The smallest absolute Gasteiger partial charge is 0.272 e. The molecule has 0 aliphatic carbocycles. The van der Waals surface area contributed by atoms with Crippen LogP contribution in [0.15, 0.2) is 6.07 Å². The van der Waals surface area contributed by atoms with Crippen molar-refractivity contribution in [3.63, 3.8) is 0 Å². The fourth-order valence-electron chi connectivity index (χ4n) is 4.00. The van der Waals surface area contributed by atoms with Crippen LogP contribution in [-0.4, -0.2) is 57.6 Å². The molecule has 6 heteroatoms. The molecule has 25 heavy (non-hydrogen) atoms. The lowest BCUT2D eigenvalue weighted by atomic mass is 9.95. The van der Waals surface area contributed by atoms with Crippen LogP contribution in [0, 0.1) is 12.8 Å². The second-order valence-electron chi connectivity index (χ2n) is 7.29. The van der Waals surface area contributed by atoms with Gasteiger partial charge in [-0.05, 0) is 45.6 Å². The lowest BCUT2D eigenvalue weighted by Crippen LogP contribution is -2.45. The highest BCUT2D eigenvalue weighted by atomic mass is 16.2. The van der Waals surface area contributed by atoms with E-state index in [0.717, 1.165) is 44.5 Å². The Kier molecular flexibility index (Phi) is 5.76. The number of rotatable bonds is 3. The summed E-state index contributed by atoms with van der Waals surface area (Å²) in [6, 6.07) is 1.86. The van der Waals surface area contributed by atoms with Crippen LogP contribution in [0.4, 0.5) is 0 Å². The number of hydrogen-bond acceptors (Lipinski definition) is 3. The Hall–Kier alpha value is -1.85. The van der Waals surface area contributed by atoms with Gasteiger partial charge in [0.15, 0.2) is 0 Å². The monoisotopic (exact) mass is 346 g/mol. The minimum absolute atomic E-state index is 0.0446. The predicted molar refractivity (Wildman–Crippen MR) is 96.3 cm³/mol. The summed E-state index contributed by atoms with van der Waals surface area (Å²) in [6.45, 7) is 7.75. The van der Waals surface area contributed by atoms with E-state index in [0.29, 0.717) is 31.2 Å². The molecule has 0 N–H and O–H groups in total. The van der Waals surface area contributed by atoms with Crippen LogP contribution in [0.3, 0.4) is 0 Å². The average Bonchev–Trinajstić information content (AvgIpc) is 2.84. The summed E-state index contributed by atoms with van der Waals surface area (Å²) in [5, 5.41) is 4.37. The highest BCUT2D eigenvalue weighted by molar-refractivity contribution is 5.93. The van der Waals surface area contributed by atoms with Crippen molar-refractivity contribution in [2.24, 2.45) is 5.92 Å². The molecule has 0 spiro atoms. The molecular weight excluding hydrogens is 316 g/mol. The normalized spacial score (nSPS) is 19.8. The number of hydrogen-bond donors (Lipinski definition) is 0. The van der Waals surface area contributed by atoms with Gasteiger partial charge in [0.05, 0.1) is 5.69 Å². The van der Waals surface area contributed by atoms with E-state index in [9.17, 15) is 9.59 Å². The Morgan fingerprint density at radius 3 is 2.28 bits per heavy atom. The van der Waals surface area contributed by atoms with Gasteiger partial charge in [0, 0.05) is 38.6 Å². The van der Waals surface area contributed by atoms with Gasteiger partial charge in [-0.3, -0.25) is 14.3 Å². The molecule has 3 rings (SSSR count). The van der Waals surface area contributed by atoms with Crippen molar-refractivity contribution in [3.05, 3.63) is 17.5 Å². The Balaban J connectivity index is 1.57. The van der Waals surface area contributed by atoms with Crippen LogP contribution in [0.5, 0.6) is 0 Å². The van der Waals surface area contributed by atoms with Crippen LogP contribution in [0.2, 0.25) is 0 Å². The standard InChI is InChI=1S/C19H30N4O2/c1-3-23-17(14-15(2)20-23)19(25)22-12-8-16(9-13-22)18(24)21-10-6-4-5-7-11-21/h14,16H,3-13H2,1-2H3. The fourth-order valence-corrected chi connectivity index (χ4v) is 4.00. The van der Waals surface area contributed by atoms with Crippen LogP contribution in [-0.2, 0) is 11.3 Å². The predicted octanol–water partition coefficient (Wildman–Crippen LogP) is 2.47. The molecule has 2 aliphatic rings. The Bertz CT molecular complexity index is 609. The van der Waals surface area contributed by atoms with Crippen LogP contribution < -0.4 is 0 Å². The molecule has 138 valence electrons. The zero-order valence-electron chi connectivity index (χ0n) is 15.5. The van der Waals surface area contributed by atoms with Crippen molar-refractivity contribution in [2.75, 3.05) is 26.2 Å². The van der Waals surface area contributed by atoms with Gasteiger partial charge in [-0.1, -0.05) is 12.8 Å². The van der Waals surface area contributed by atoms with E-state index in [4.69, 9.17) is 0 Å². The molecule has 3 heterocycles. The molecule has 0 radical (unpaired) electrons. The van der Waals surface area contributed by atoms with Crippen LogP contribution in [0.1, 0.15) is 61.6 Å². The van der Waals surface area contributed by atoms with Crippen LogP contribution in [0.25, 0.3) is 0 Å². The summed E-state index contributed by atoms with van der Waals surface area (Å²) in [5.74, 6) is 0.437. The molecule has 2 aliphatic heterocycles. The molecule has 2 fully saturated rings. The number of aryl methyl sites for hydroxylation is 2. The summed E-state index contributed by atoms with van der Waals surface area (Å²) in [5.41, 5.74) is 1.54. The summed E-state index contributed by atoms with van der Waals surface area (Å²) in [6.07, 6.45) is 6.29. The molecule has 0 saturated carbocycles. The molecule has 0 aromatic carbocycles. The molecule has 0 bridgehead atoms. The zero-order valence-corrected chi connectivity index (χ0v) is 15.5. The maximum atomic E-state index is 12.8. The number of carbonyl (C=O) groups excluding carboxylic acids is 2. The van der Waals surface area contributed by atoms with Crippen LogP contribution >= 0.6 is 0 Å². The largest absolute Gasteiger partial charge is 0.342 e. The number of nitrogens with zero attached hydrogens (tertiary/aromatic N) is 4. The van der Waals surface area contributed by atoms with Crippen molar-refractivity contribution >= 4 is 11.8 Å². The minimum Gasteiger partial charge on any atom is -0.342 e. The maximum Gasteiger partial charge on any atom is 0.272 e. The Labute approximate surface area is 150 Å². The van der Waals surface area contributed by atoms with E-state index in [1.54, 1.807) is 4.68 Å². The van der Waals surface area contributed by atoms with Gasteiger partial charge < -0.3 is 9.80 Å². The zero-order chi connectivity index (χ0) is 17.8. The third kappa shape index (κ3) is 4.05. The maximum absolute atomic E-state index is 12.8. The van der Waals surface area contributed by atoms with E-state index in [-0.39, 0.29) is 11.8 Å². The second kappa shape index (κ2) is 8.02. The van der Waals surface area contributed by atoms with Gasteiger partial charge in [0.2, 0.25) is 5.91 Å². The topological polar surface area (TPSA) is 58.4 Å². The molecule has 1 aromatic rings. The summed E-state index contributed by atoms with van der Waals surface area (Å²) < 4.78 is 1.77. The summed E-state index contributed by atoms with van der Waals surface area (Å²) in [4.78, 5) is 29.5. The molecule has 0 unspecified atom stereocenters. The third-order valence-corrected chi connectivity index (χ3v) is 5.47. The first-order valence-corrected chi connectivity index (χ1v) is 9.72. The second-order valence-corrected chi connectivity index (χ2v) is 7.29. The van der Waals surface area contributed by atoms with Crippen molar-refractivity contribution in [1.82, 2.24) is 19.6 Å². The number of piperidine rings is 1. The number of aromatic nitrogens is 2. The van der Waals surface area contributed by atoms with E-state index in [1.807, 2.05) is 24.8 Å². The molecule has 1 aromatic heterocycles. The van der Waals surface area contributed by atoms with Crippen molar-refractivity contribution in [2.45, 2.75) is 58.9 Å². The first-order valence-electron chi connectivity index (χ1n) is 9.72.